The van der Waals surface area contributed by atoms with Crippen LogP contribution in [0.2, 0.25) is 0 Å². The van der Waals surface area contributed by atoms with E-state index in [0.717, 1.165) is 19.0 Å². The summed E-state index contributed by atoms with van der Waals surface area (Å²) in [7, 11) is 2.09. The molecule has 0 saturated carbocycles. The number of nitrogens with zero attached hydrogens (tertiary/aromatic N) is 1. The fourth-order valence-corrected chi connectivity index (χ4v) is 0.926. The fourth-order valence-electron chi connectivity index (χ4n) is 0.638. The molecule has 0 atom stereocenters. The van der Waals surface area contributed by atoms with Gasteiger partial charge in [0, 0.05) is 12.4 Å². The highest BCUT2D eigenvalue weighted by Crippen LogP contribution is 1.86. The third-order valence-electron chi connectivity index (χ3n) is 1.07. The SMILES string of the molecule is CCCN(C)CCCl. The number of rotatable bonds is 4. The molecule has 0 aliphatic rings. The minimum atomic E-state index is 0.747. The van der Waals surface area contributed by atoms with Crippen molar-refractivity contribution in [3.63, 3.8) is 0 Å². The second-order valence-corrected chi connectivity index (χ2v) is 2.37. The molecule has 2 heteroatoms. The molecule has 0 aliphatic heterocycles. The van der Waals surface area contributed by atoms with Gasteiger partial charge in [0.2, 0.25) is 0 Å². The van der Waals surface area contributed by atoms with Crippen molar-refractivity contribution in [3.05, 3.63) is 0 Å². The molecule has 0 aromatic heterocycles. The lowest BCUT2D eigenvalue weighted by Gasteiger charge is -2.11. The lowest BCUT2D eigenvalue weighted by atomic mass is 10.4. The van der Waals surface area contributed by atoms with Crippen molar-refractivity contribution in [2.24, 2.45) is 0 Å². The first-order valence-corrected chi connectivity index (χ1v) is 3.59. The van der Waals surface area contributed by atoms with E-state index >= 15 is 0 Å². The van der Waals surface area contributed by atoms with Gasteiger partial charge in [-0.3, -0.25) is 0 Å². The highest BCUT2D eigenvalue weighted by molar-refractivity contribution is 6.18. The van der Waals surface area contributed by atoms with Crippen LogP contribution in [0.4, 0.5) is 0 Å². The summed E-state index contributed by atoms with van der Waals surface area (Å²) < 4.78 is 0. The van der Waals surface area contributed by atoms with Crippen molar-refractivity contribution in [3.8, 4) is 0 Å². The van der Waals surface area contributed by atoms with E-state index in [4.69, 9.17) is 11.6 Å². The van der Waals surface area contributed by atoms with E-state index in [2.05, 4.69) is 18.9 Å². The van der Waals surface area contributed by atoms with Gasteiger partial charge in [-0.05, 0) is 20.0 Å². The zero-order valence-corrected chi connectivity index (χ0v) is 6.41. The number of halogens is 1. The Hall–Kier alpha value is 0.250. The molecule has 0 aromatic rings. The minimum Gasteiger partial charge on any atom is -0.305 e. The maximum Gasteiger partial charge on any atom is 0.0351 e. The van der Waals surface area contributed by atoms with Gasteiger partial charge in [-0.15, -0.1) is 11.6 Å². The molecule has 0 heterocycles. The number of hydrogen-bond donors (Lipinski definition) is 0. The largest absolute Gasteiger partial charge is 0.305 e. The summed E-state index contributed by atoms with van der Waals surface area (Å²) in [5.41, 5.74) is 0. The van der Waals surface area contributed by atoms with Crippen LogP contribution in [-0.2, 0) is 0 Å². The first-order chi connectivity index (χ1) is 3.81. The maximum atomic E-state index is 5.49. The van der Waals surface area contributed by atoms with Crippen LogP contribution in [0.1, 0.15) is 13.3 Å². The van der Waals surface area contributed by atoms with Gasteiger partial charge in [0.1, 0.15) is 0 Å². The smallest absolute Gasteiger partial charge is 0.0351 e. The van der Waals surface area contributed by atoms with Crippen molar-refractivity contribution >= 4 is 11.6 Å². The van der Waals surface area contributed by atoms with Crippen LogP contribution in [0, 0.1) is 0 Å². The lowest BCUT2D eigenvalue weighted by Crippen LogP contribution is -2.21. The molecular formula is C6H14ClN. The lowest BCUT2D eigenvalue weighted by molar-refractivity contribution is 0.355. The standard InChI is InChI=1S/C6H14ClN/c1-3-5-8(2)6-4-7/h3-6H2,1-2H3. The highest BCUT2D eigenvalue weighted by Gasteiger charge is 1.91. The molecule has 0 N–H and O–H groups in total. The summed E-state index contributed by atoms with van der Waals surface area (Å²) in [5, 5.41) is 0. The zero-order chi connectivity index (χ0) is 6.41. The summed E-state index contributed by atoms with van der Waals surface area (Å²) in [6.45, 7) is 4.34. The van der Waals surface area contributed by atoms with Gasteiger partial charge >= 0.3 is 0 Å². The van der Waals surface area contributed by atoms with Gasteiger partial charge in [0.25, 0.3) is 0 Å². The van der Waals surface area contributed by atoms with Crippen LogP contribution >= 0.6 is 11.6 Å². The molecule has 50 valence electrons. The molecule has 0 fully saturated rings. The normalized spacial score (nSPS) is 10.5. The zero-order valence-electron chi connectivity index (χ0n) is 5.65. The Bertz CT molecular complexity index is 41.8. The predicted octanol–water partition coefficient (Wildman–Crippen LogP) is 1.57. The molecule has 0 spiro atoms. The molecule has 0 radical (unpaired) electrons. The van der Waals surface area contributed by atoms with Crippen LogP contribution in [0.3, 0.4) is 0 Å². The van der Waals surface area contributed by atoms with Crippen LogP contribution < -0.4 is 0 Å². The summed E-state index contributed by atoms with van der Waals surface area (Å²) in [5.74, 6) is 0.747. The van der Waals surface area contributed by atoms with Crippen LogP contribution in [0.15, 0.2) is 0 Å². The topological polar surface area (TPSA) is 3.24 Å². The molecular weight excluding hydrogens is 122 g/mol. The van der Waals surface area contributed by atoms with Crippen molar-refractivity contribution in [1.82, 2.24) is 4.90 Å². The van der Waals surface area contributed by atoms with Gasteiger partial charge in [0.05, 0.1) is 0 Å². The molecule has 0 rings (SSSR count). The first kappa shape index (κ1) is 8.25. The van der Waals surface area contributed by atoms with E-state index < -0.39 is 0 Å². The Labute approximate surface area is 56.6 Å². The number of alkyl halides is 1. The van der Waals surface area contributed by atoms with Gasteiger partial charge in [-0.1, -0.05) is 6.92 Å². The van der Waals surface area contributed by atoms with E-state index in [1.807, 2.05) is 0 Å². The van der Waals surface area contributed by atoms with Crippen molar-refractivity contribution in [2.45, 2.75) is 13.3 Å². The summed E-state index contributed by atoms with van der Waals surface area (Å²) in [6, 6.07) is 0. The van der Waals surface area contributed by atoms with Gasteiger partial charge < -0.3 is 4.90 Å². The summed E-state index contributed by atoms with van der Waals surface area (Å²) in [4.78, 5) is 2.23. The monoisotopic (exact) mass is 135 g/mol. The van der Waals surface area contributed by atoms with E-state index in [1.54, 1.807) is 0 Å². The third kappa shape index (κ3) is 4.41. The average Bonchev–Trinajstić information content (AvgIpc) is 1.68. The Balaban J connectivity index is 2.92. The Kier molecular flexibility index (Phi) is 5.56. The molecule has 0 bridgehead atoms. The maximum absolute atomic E-state index is 5.49. The molecule has 8 heavy (non-hydrogen) atoms. The summed E-state index contributed by atoms with van der Waals surface area (Å²) in [6.07, 6.45) is 1.22. The van der Waals surface area contributed by atoms with E-state index in [9.17, 15) is 0 Å². The van der Waals surface area contributed by atoms with E-state index in [0.29, 0.717) is 0 Å². The quantitative estimate of drug-likeness (QED) is 0.529. The second-order valence-electron chi connectivity index (χ2n) is 1.99. The van der Waals surface area contributed by atoms with Gasteiger partial charge in [0.15, 0.2) is 0 Å². The minimum absolute atomic E-state index is 0.747. The van der Waals surface area contributed by atoms with E-state index in [1.165, 1.54) is 6.42 Å². The first-order valence-electron chi connectivity index (χ1n) is 3.05. The molecule has 1 nitrogen and oxygen atoms in total. The van der Waals surface area contributed by atoms with Gasteiger partial charge in [-0.25, -0.2) is 0 Å². The Morgan fingerprint density at radius 2 is 2.00 bits per heavy atom. The van der Waals surface area contributed by atoms with E-state index in [-0.39, 0.29) is 0 Å². The van der Waals surface area contributed by atoms with Crippen LogP contribution in [0.5, 0.6) is 0 Å². The predicted molar refractivity (Wildman–Crippen MR) is 38.5 cm³/mol. The molecule has 0 aromatic carbocycles. The Morgan fingerprint density at radius 3 is 2.38 bits per heavy atom. The molecule has 0 amide bonds. The third-order valence-corrected chi connectivity index (χ3v) is 1.24. The van der Waals surface area contributed by atoms with Crippen molar-refractivity contribution < 1.29 is 0 Å². The van der Waals surface area contributed by atoms with Crippen LogP contribution in [-0.4, -0.2) is 30.9 Å². The average molecular weight is 136 g/mol. The highest BCUT2D eigenvalue weighted by atomic mass is 35.5. The van der Waals surface area contributed by atoms with Crippen molar-refractivity contribution in [2.75, 3.05) is 26.0 Å². The molecule has 0 unspecified atom stereocenters. The van der Waals surface area contributed by atoms with Gasteiger partial charge in [-0.2, -0.15) is 0 Å². The fraction of sp³-hybridized carbons (Fsp3) is 1.00. The Morgan fingerprint density at radius 1 is 1.38 bits per heavy atom. The summed E-state index contributed by atoms with van der Waals surface area (Å²) >= 11 is 5.49. The molecule has 0 aliphatic carbocycles. The van der Waals surface area contributed by atoms with Crippen LogP contribution in [0.25, 0.3) is 0 Å². The second kappa shape index (κ2) is 5.39. The van der Waals surface area contributed by atoms with Crippen molar-refractivity contribution in [1.29, 1.82) is 0 Å². The molecule has 0 saturated heterocycles. The number of hydrogen-bond acceptors (Lipinski definition) is 1.